The number of ether oxygens (including phenoxy) is 1. The maximum absolute atomic E-state index is 11.9. The van der Waals surface area contributed by atoms with Gasteiger partial charge in [-0.25, -0.2) is 0 Å². The Morgan fingerprint density at radius 2 is 2.22 bits per heavy atom. The molecule has 1 heterocycles. The molecular weight excluding hydrogens is 232 g/mol. The molecule has 1 unspecified atom stereocenters. The second kappa shape index (κ2) is 6.35. The molecule has 100 valence electrons. The predicted molar refractivity (Wildman–Crippen MR) is 68.9 cm³/mol. The van der Waals surface area contributed by atoms with Crippen LogP contribution < -0.4 is 5.32 Å². The van der Waals surface area contributed by atoms with Crippen LogP contribution in [0.25, 0.3) is 0 Å². The first-order valence-electron chi connectivity index (χ1n) is 5.93. The Balaban J connectivity index is 2.83. The first-order valence-corrected chi connectivity index (χ1v) is 5.93. The van der Waals surface area contributed by atoms with Gasteiger partial charge >= 0.3 is 0 Å². The normalized spacial score (nSPS) is 12.2. The van der Waals surface area contributed by atoms with E-state index in [0.717, 1.165) is 17.7 Å². The highest BCUT2D eigenvalue weighted by molar-refractivity contribution is 5.82. The Morgan fingerprint density at radius 1 is 1.56 bits per heavy atom. The Morgan fingerprint density at radius 3 is 2.72 bits per heavy atom. The molecule has 1 aromatic heterocycles. The molecule has 0 saturated carbocycles. The number of nitrogens with zero attached hydrogens (tertiary/aromatic N) is 1. The molecule has 5 nitrogen and oxygen atoms in total. The molecule has 1 amide bonds. The van der Waals surface area contributed by atoms with E-state index in [1.807, 2.05) is 25.3 Å². The Hall–Kier alpha value is -1.62. The van der Waals surface area contributed by atoms with Crippen LogP contribution >= 0.6 is 0 Å². The minimum atomic E-state index is -0.337. The fourth-order valence-corrected chi connectivity index (χ4v) is 2.06. The number of aryl methyl sites for hydroxylation is 1. The van der Waals surface area contributed by atoms with Crippen LogP contribution in [-0.2, 0) is 9.53 Å². The van der Waals surface area contributed by atoms with Crippen molar-refractivity contribution in [3.05, 3.63) is 23.0 Å². The number of aromatic nitrogens is 1. The third-order valence-electron chi connectivity index (χ3n) is 3.02. The van der Waals surface area contributed by atoms with Crippen LogP contribution in [0.15, 0.2) is 6.07 Å². The lowest BCUT2D eigenvalue weighted by Gasteiger charge is -2.18. The highest BCUT2D eigenvalue weighted by atomic mass is 16.5. The minimum absolute atomic E-state index is 0.0775. The summed E-state index contributed by atoms with van der Waals surface area (Å²) in [6.07, 6.45) is 0.814. The first kappa shape index (κ1) is 14.4. The number of carbonyl (C=O) groups is 2. The summed E-state index contributed by atoms with van der Waals surface area (Å²) in [7, 11) is 1.59. The fraction of sp³-hybridized carbons (Fsp3) is 0.538. The molecule has 0 saturated heterocycles. The molecule has 0 spiro atoms. The van der Waals surface area contributed by atoms with E-state index in [-0.39, 0.29) is 11.9 Å². The van der Waals surface area contributed by atoms with E-state index in [1.54, 1.807) is 13.2 Å². The lowest BCUT2D eigenvalue weighted by Crippen LogP contribution is -2.33. The molecule has 5 heteroatoms. The predicted octanol–water partition coefficient (Wildman–Crippen LogP) is 1.24. The van der Waals surface area contributed by atoms with Gasteiger partial charge in [0.05, 0.1) is 6.61 Å². The molecule has 1 aromatic rings. The average Bonchev–Trinajstić information content (AvgIpc) is 2.63. The van der Waals surface area contributed by atoms with Crippen molar-refractivity contribution in [2.75, 3.05) is 20.3 Å². The SMILES string of the molecule is COCCNC(=O)C(C)n1c(C)cc(C=O)c1C. The van der Waals surface area contributed by atoms with Gasteiger partial charge in [-0.05, 0) is 26.8 Å². The van der Waals surface area contributed by atoms with E-state index < -0.39 is 0 Å². The van der Waals surface area contributed by atoms with Gasteiger partial charge in [0, 0.05) is 30.6 Å². The van der Waals surface area contributed by atoms with Gasteiger partial charge in [0.1, 0.15) is 6.04 Å². The van der Waals surface area contributed by atoms with Crippen molar-refractivity contribution in [1.82, 2.24) is 9.88 Å². The second-order valence-corrected chi connectivity index (χ2v) is 4.27. The second-order valence-electron chi connectivity index (χ2n) is 4.27. The van der Waals surface area contributed by atoms with Crippen LogP contribution in [0, 0.1) is 13.8 Å². The molecule has 0 fully saturated rings. The van der Waals surface area contributed by atoms with Crippen LogP contribution in [0.5, 0.6) is 0 Å². The van der Waals surface area contributed by atoms with Crippen LogP contribution in [0.4, 0.5) is 0 Å². The summed E-state index contributed by atoms with van der Waals surface area (Å²) in [5.41, 5.74) is 2.35. The van der Waals surface area contributed by atoms with Gasteiger partial charge in [-0.1, -0.05) is 0 Å². The van der Waals surface area contributed by atoms with Gasteiger partial charge in [0.15, 0.2) is 6.29 Å². The fourth-order valence-electron chi connectivity index (χ4n) is 2.06. The number of hydrogen-bond acceptors (Lipinski definition) is 3. The van der Waals surface area contributed by atoms with Crippen molar-refractivity contribution in [3.8, 4) is 0 Å². The molecule has 0 bridgehead atoms. The van der Waals surface area contributed by atoms with Crippen molar-refractivity contribution in [2.24, 2.45) is 0 Å². The number of methoxy groups -OCH3 is 1. The number of amides is 1. The molecule has 18 heavy (non-hydrogen) atoms. The van der Waals surface area contributed by atoms with Crippen molar-refractivity contribution in [3.63, 3.8) is 0 Å². The average molecular weight is 252 g/mol. The van der Waals surface area contributed by atoms with Crippen LogP contribution in [0.2, 0.25) is 0 Å². The number of rotatable bonds is 6. The first-order chi connectivity index (χ1) is 8.52. The zero-order valence-corrected chi connectivity index (χ0v) is 11.3. The molecule has 0 aliphatic heterocycles. The zero-order valence-electron chi connectivity index (χ0n) is 11.3. The standard InChI is InChI=1S/C13H20N2O3/c1-9-7-12(8-16)10(2)15(9)11(3)13(17)14-5-6-18-4/h7-8,11H,5-6H2,1-4H3,(H,14,17). The minimum Gasteiger partial charge on any atom is -0.383 e. The van der Waals surface area contributed by atoms with Gasteiger partial charge in [-0.3, -0.25) is 9.59 Å². The molecule has 0 aliphatic rings. The van der Waals surface area contributed by atoms with Crippen LogP contribution in [-0.4, -0.2) is 37.0 Å². The van der Waals surface area contributed by atoms with E-state index in [2.05, 4.69) is 5.32 Å². The molecule has 1 rings (SSSR count). The van der Waals surface area contributed by atoms with Crippen molar-refractivity contribution < 1.29 is 14.3 Å². The van der Waals surface area contributed by atoms with Gasteiger partial charge in [0.25, 0.3) is 0 Å². The van der Waals surface area contributed by atoms with Gasteiger partial charge in [-0.2, -0.15) is 0 Å². The lowest BCUT2D eigenvalue weighted by molar-refractivity contribution is -0.124. The Labute approximate surface area is 107 Å². The maximum atomic E-state index is 11.9. The molecule has 1 N–H and O–H groups in total. The van der Waals surface area contributed by atoms with E-state index in [0.29, 0.717) is 18.7 Å². The van der Waals surface area contributed by atoms with E-state index in [4.69, 9.17) is 4.74 Å². The quantitative estimate of drug-likeness (QED) is 0.612. The third kappa shape index (κ3) is 2.98. The van der Waals surface area contributed by atoms with Gasteiger partial charge in [-0.15, -0.1) is 0 Å². The summed E-state index contributed by atoms with van der Waals surface area (Å²) < 4.78 is 6.75. The highest BCUT2D eigenvalue weighted by Crippen LogP contribution is 2.19. The van der Waals surface area contributed by atoms with E-state index >= 15 is 0 Å². The summed E-state index contributed by atoms with van der Waals surface area (Å²) >= 11 is 0. The van der Waals surface area contributed by atoms with Crippen molar-refractivity contribution in [1.29, 1.82) is 0 Å². The smallest absolute Gasteiger partial charge is 0.242 e. The third-order valence-corrected chi connectivity index (χ3v) is 3.02. The lowest BCUT2D eigenvalue weighted by atomic mass is 10.2. The van der Waals surface area contributed by atoms with Gasteiger partial charge < -0.3 is 14.6 Å². The highest BCUT2D eigenvalue weighted by Gasteiger charge is 2.19. The summed E-state index contributed by atoms with van der Waals surface area (Å²) in [5, 5.41) is 2.79. The number of hydrogen-bond donors (Lipinski definition) is 1. The molecule has 0 aromatic carbocycles. The maximum Gasteiger partial charge on any atom is 0.242 e. The molecule has 1 atom stereocenters. The number of aldehydes is 1. The number of nitrogens with one attached hydrogen (secondary N) is 1. The van der Waals surface area contributed by atoms with E-state index in [9.17, 15) is 9.59 Å². The van der Waals surface area contributed by atoms with E-state index in [1.165, 1.54) is 0 Å². The molecular formula is C13H20N2O3. The molecule has 0 radical (unpaired) electrons. The van der Waals surface area contributed by atoms with Crippen LogP contribution in [0.3, 0.4) is 0 Å². The largest absolute Gasteiger partial charge is 0.383 e. The summed E-state index contributed by atoms with van der Waals surface area (Å²) in [6, 6.07) is 1.46. The van der Waals surface area contributed by atoms with Crippen molar-refractivity contribution in [2.45, 2.75) is 26.8 Å². The monoisotopic (exact) mass is 252 g/mol. The summed E-state index contributed by atoms with van der Waals surface area (Å²) in [4.78, 5) is 22.8. The number of carbonyl (C=O) groups excluding carboxylic acids is 2. The Kier molecular flexibility index (Phi) is 5.09. The van der Waals surface area contributed by atoms with Crippen LogP contribution in [0.1, 0.15) is 34.7 Å². The summed E-state index contributed by atoms with van der Waals surface area (Å²) in [6.45, 7) is 6.52. The van der Waals surface area contributed by atoms with Gasteiger partial charge in [0.2, 0.25) is 5.91 Å². The Bertz CT molecular complexity index is 438. The molecule has 0 aliphatic carbocycles. The van der Waals surface area contributed by atoms with Crippen molar-refractivity contribution >= 4 is 12.2 Å². The topological polar surface area (TPSA) is 60.3 Å². The zero-order chi connectivity index (χ0) is 13.7. The summed E-state index contributed by atoms with van der Waals surface area (Å²) in [5.74, 6) is -0.0775.